The molecule has 0 radical (unpaired) electrons. The molecular formula is C14H14F2N2. The highest BCUT2D eigenvalue weighted by Gasteiger charge is 2.03. The summed E-state index contributed by atoms with van der Waals surface area (Å²) in [6.07, 6.45) is 1.79. The third-order valence-corrected chi connectivity index (χ3v) is 2.61. The number of hydrogen-bond acceptors (Lipinski definition) is 2. The number of nitrogens with one attached hydrogen (secondary N) is 1. The average molecular weight is 248 g/mol. The molecule has 2 nitrogen and oxygen atoms in total. The van der Waals surface area contributed by atoms with Crippen molar-refractivity contribution in [2.75, 3.05) is 0 Å². The smallest absolute Gasteiger partial charge is 0.130 e. The van der Waals surface area contributed by atoms with Crippen LogP contribution in [0.25, 0.3) is 0 Å². The number of rotatable bonds is 4. The van der Waals surface area contributed by atoms with Crippen molar-refractivity contribution in [1.82, 2.24) is 10.3 Å². The minimum absolute atomic E-state index is 0.349. The van der Waals surface area contributed by atoms with Crippen LogP contribution in [0.4, 0.5) is 8.78 Å². The van der Waals surface area contributed by atoms with Crippen molar-refractivity contribution in [1.29, 1.82) is 0 Å². The molecule has 0 saturated carbocycles. The summed E-state index contributed by atoms with van der Waals surface area (Å²) in [6, 6.07) is 7.48. The summed E-state index contributed by atoms with van der Waals surface area (Å²) in [4.78, 5) is 4.23. The summed E-state index contributed by atoms with van der Waals surface area (Å²) in [7, 11) is 0. The van der Waals surface area contributed by atoms with E-state index in [2.05, 4.69) is 10.3 Å². The Kier molecular flexibility index (Phi) is 3.99. The zero-order valence-corrected chi connectivity index (χ0v) is 10.1. The molecular weight excluding hydrogens is 234 g/mol. The lowest BCUT2D eigenvalue weighted by Crippen LogP contribution is -2.14. The van der Waals surface area contributed by atoms with Gasteiger partial charge in [-0.05, 0) is 24.6 Å². The van der Waals surface area contributed by atoms with Crippen molar-refractivity contribution in [3.63, 3.8) is 0 Å². The highest BCUT2D eigenvalue weighted by molar-refractivity contribution is 5.18. The van der Waals surface area contributed by atoms with Gasteiger partial charge in [0.2, 0.25) is 0 Å². The summed E-state index contributed by atoms with van der Waals surface area (Å²) in [5.74, 6) is -1.09. The zero-order chi connectivity index (χ0) is 13.0. The van der Waals surface area contributed by atoms with E-state index in [-0.39, 0.29) is 0 Å². The van der Waals surface area contributed by atoms with Crippen LogP contribution < -0.4 is 5.32 Å². The molecule has 4 heteroatoms. The van der Waals surface area contributed by atoms with E-state index in [1.54, 1.807) is 6.20 Å². The minimum atomic E-state index is -0.559. The van der Waals surface area contributed by atoms with Gasteiger partial charge >= 0.3 is 0 Å². The first-order chi connectivity index (χ1) is 8.65. The normalized spacial score (nSPS) is 10.6. The molecule has 0 saturated heterocycles. The van der Waals surface area contributed by atoms with Gasteiger partial charge in [0.05, 0.1) is 5.69 Å². The number of halogens is 2. The number of nitrogens with zero attached hydrogens (tertiary/aromatic N) is 1. The Balaban J connectivity index is 1.90. The van der Waals surface area contributed by atoms with E-state index in [1.807, 2.05) is 19.1 Å². The van der Waals surface area contributed by atoms with Gasteiger partial charge in [-0.2, -0.15) is 0 Å². The number of aromatic nitrogens is 1. The second kappa shape index (κ2) is 5.69. The first kappa shape index (κ1) is 12.6. The quantitative estimate of drug-likeness (QED) is 0.899. The highest BCUT2D eigenvalue weighted by atomic mass is 19.1. The molecule has 1 heterocycles. The van der Waals surface area contributed by atoms with Crippen LogP contribution in [0.2, 0.25) is 0 Å². The van der Waals surface area contributed by atoms with E-state index in [9.17, 15) is 8.78 Å². The van der Waals surface area contributed by atoms with Crippen LogP contribution in [-0.2, 0) is 13.1 Å². The fraction of sp³-hybridized carbons (Fsp3) is 0.214. The van der Waals surface area contributed by atoms with Gasteiger partial charge in [0.1, 0.15) is 11.6 Å². The molecule has 1 aromatic carbocycles. The summed E-state index contributed by atoms with van der Waals surface area (Å²) in [6.45, 7) is 2.87. The standard InChI is InChI=1S/C14H14F2N2/c1-10-2-5-13(18-7-10)9-17-8-11-3-4-12(15)6-14(11)16/h2-7,17H,8-9H2,1H3. The van der Waals surface area contributed by atoms with Gasteiger partial charge in [-0.1, -0.05) is 12.1 Å². The Hall–Kier alpha value is -1.81. The molecule has 2 rings (SSSR count). The van der Waals surface area contributed by atoms with Gasteiger partial charge in [0, 0.05) is 30.9 Å². The SMILES string of the molecule is Cc1ccc(CNCc2ccc(F)cc2F)nc1. The fourth-order valence-electron chi connectivity index (χ4n) is 1.59. The van der Waals surface area contributed by atoms with Crippen LogP contribution in [0.1, 0.15) is 16.8 Å². The predicted octanol–water partition coefficient (Wildman–Crippen LogP) is 2.96. The van der Waals surface area contributed by atoms with Gasteiger partial charge in [-0.25, -0.2) is 8.78 Å². The highest BCUT2D eigenvalue weighted by Crippen LogP contribution is 2.09. The van der Waals surface area contributed by atoms with Gasteiger partial charge in [0.15, 0.2) is 0 Å². The van der Waals surface area contributed by atoms with E-state index in [0.29, 0.717) is 18.7 Å². The number of aryl methyl sites for hydroxylation is 1. The van der Waals surface area contributed by atoms with E-state index >= 15 is 0 Å². The molecule has 0 atom stereocenters. The molecule has 0 bridgehead atoms. The lowest BCUT2D eigenvalue weighted by Gasteiger charge is -2.06. The molecule has 0 aliphatic heterocycles. The van der Waals surface area contributed by atoms with Gasteiger partial charge < -0.3 is 5.32 Å². The Morgan fingerprint density at radius 2 is 1.94 bits per heavy atom. The van der Waals surface area contributed by atoms with Crippen molar-refractivity contribution in [2.24, 2.45) is 0 Å². The van der Waals surface area contributed by atoms with Crippen molar-refractivity contribution in [3.05, 3.63) is 65.0 Å². The van der Waals surface area contributed by atoms with Gasteiger partial charge in [-0.15, -0.1) is 0 Å². The fourth-order valence-corrected chi connectivity index (χ4v) is 1.59. The molecule has 2 aromatic rings. The molecule has 0 aliphatic carbocycles. The van der Waals surface area contributed by atoms with Crippen LogP contribution >= 0.6 is 0 Å². The van der Waals surface area contributed by atoms with E-state index in [4.69, 9.17) is 0 Å². The molecule has 1 aromatic heterocycles. The van der Waals surface area contributed by atoms with Crippen LogP contribution in [0.15, 0.2) is 36.5 Å². The van der Waals surface area contributed by atoms with Crippen LogP contribution in [0.5, 0.6) is 0 Å². The Morgan fingerprint density at radius 3 is 2.61 bits per heavy atom. The maximum Gasteiger partial charge on any atom is 0.130 e. The molecule has 94 valence electrons. The van der Waals surface area contributed by atoms with E-state index in [1.165, 1.54) is 12.1 Å². The molecule has 1 N–H and O–H groups in total. The van der Waals surface area contributed by atoms with Gasteiger partial charge in [-0.3, -0.25) is 4.98 Å². The summed E-state index contributed by atoms with van der Waals surface area (Å²) in [5, 5.41) is 3.07. The lowest BCUT2D eigenvalue weighted by molar-refractivity contribution is 0.559. The maximum absolute atomic E-state index is 13.3. The lowest BCUT2D eigenvalue weighted by atomic mass is 10.2. The van der Waals surface area contributed by atoms with Gasteiger partial charge in [0.25, 0.3) is 0 Å². The van der Waals surface area contributed by atoms with Crippen molar-refractivity contribution in [2.45, 2.75) is 20.0 Å². The number of benzene rings is 1. The largest absolute Gasteiger partial charge is 0.307 e. The number of pyridine rings is 1. The van der Waals surface area contributed by atoms with Crippen LogP contribution in [-0.4, -0.2) is 4.98 Å². The average Bonchev–Trinajstić information content (AvgIpc) is 2.34. The summed E-state index contributed by atoms with van der Waals surface area (Å²) < 4.78 is 26.0. The molecule has 0 spiro atoms. The zero-order valence-electron chi connectivity index (χ0n) is 10.1. The van der Waals surface area contributed by atoms with E-state index < -0.39 is 11.6 Å². The van der Waals surface area contributed by atoms with Crippen molar-refractivity contribution >= 4 is 0 Å². The summed E-state index contributed by atoms with van der Waals surface area (Å²) >= 11 is 0. The Morgan fingerprint density at radius 1 is 1.11 bits per heavy atom. The Labute approximate surface area is 105 Å². The maximum atomic E-state index is 13.3. The molecule has 18 heavy (non-hydrogen) atoms. The molecule has 0 fully saturated rings. The summed E-state index contributed by atoms with van der Waals surface area (Å²) in [5.41, 5.74) is 2.44. The van der Waals surface area contributed by atoms with Crippen molar-refractivity contribution in [3.8, 4) is 0 Å². The topological polar surface area (TPSA) is 24.9 Å². The predicted molar refractivity (Wildman–Crippen MR) is 65.9 cm³/mol. The minimum Gasteiger partial charge on any atom is -0.307 e. The second-order valence-corrected chi connectivity index (χ2v) is 4.17. The van der Waals surface area contributed by atoms with Crippen LogP contribution in [0.3, 0.4) is 0 Å². The monoisotopic (exact) mass is 248 g/mol. The molecule has 0 aliphatic rings. The molecule has 0 amide bonds. The Bertz CT molecular complexity index is 524. The molecule has 0 unspecified atom stereocenters. The second-order valence-electron chi connectivity index (χ2n) is 4.17. The first-order valence-corrected chi connectivity index (χ1v) is 5.71. The van der Waals surface area contributed by atoms with Crippen molar-refractivity contribution < 1.29 is 8.78 Å². The van der Waals surface area contributed by atoms with E-state index in [0.717, 1.165) is 17.3 Å². The van der Waals surface area contributed by atoms with Crippen LogP contribution in [0, 0.1) is 18.6 Å². The third-order valence-electron chi connectivity index (χ3n) is 2.61. The third kappa shape index (κ3) is 3.34. The first-order valence-electron chi connectivity index (χ1n) is 5.71. The number of hydrogen-bond donors (Lipinski definition) is 1.